The van der Waals surface area contributed by atoms with Crippen LogP contribution in [0.2, 0.25) is 0 Å². The number of amides is 1. The summed E-state index contributed by atoms with van der Waals surface area (Å²) in [5.74, 6) is 6.21. The van der Waals surface area contributed by atoms with Crippen LogP contribution in [0.3, 0.4) is 0 Å². The van der Waals surface area contributed by atoms with Gasteiger partial charge < -0.3 is 10.2 Å². The van der Waals surface area contributed by atoms with Crippen molar-refractivity contribution in [3.05, 3.63) is 64.7 Å². The molecule has 1 amide bonds. The van der Waals surface area contributed by atoms with Gasteiger partial charge in [0.2, 0.25) is 0 Å². The summed E-state index contributed by atoms with van der Waals surface area (Å²) < 4.78 is 0. The molecule has 0 aliphatic carbocycles. The zero-order valence-corrected chi connectivity index (χ0v) is 15.5. The van der Waals surface area contributed by atoms with Gasteiger partial charge in [0.1, 0.15) is 0 Å². The lowest BCUT2D eigenvalue weighted by molar-refractivity contribution is 0.0794. The Hall–Kier alpha value is -3.24. The SMILES string of the molecule is CCCN(C)C(=O)c1ccc(C#CCNc2cccc(C#N)c2)cc1C. The monoisotopic (exact) mass is 345 g/mol. The second kappa shape index (κ2) is 9.30. The lowest BCUT2D eigenvalue weighted by Gasteiger charge is -2.17. The van der Waals surface area contributed by atoms with Crippen LogP contribution in [0.5, 0.6) is 0 Å². The van der Waals surface area contributed by atoms with E-state index in [1.807, 2.05) is 44.3 Å². The second-order valence-corrected chi connectivity index (χ2v) is 6.10. The number of carbonyl (C=O) groups excluding carboxylic acids is 1. The number of nitrogens with one attached hydrogen (secondary N) is 1. The highest BCUT2D eigenvalue weighted by atomic mass is 16.2. The van der Waals surface area contributed by atoms with Gasteiger partial charge in [-0.05, 0) is 55.3 Å². The number of rotatable bonds is 5. The Morgan fingerprint density at radius 2 is 2.00 bits per heavy atom. The van der Waals surface area contributed by atoms with Crippen LogP contribution in [0.4, 0.5) is 5.69 Å². The first-order chi connectivity index (χ1) is 12.5. The van der Waals surface area contributed by atoms with Crippen molar-refractivity contribution >= 4 is 11.6 Å². The van der Waals surface area contributed by atoms with Crippen molar-refractivity contribution < 1.29 is 4.79 Å². The molecule has 0 radical (unpaired) electrons. The fourth-order valence-corrected chi connectivity index (χ4v) is 2.62. The summed E-state index contributed by atoms with van der Waals surface area (Å²) >= 11 is 0. The van der Waals surface area contributed by atoms with Gasteiger partial charge in [0, 0.05) is 30.4 Å². The minimum Gasteiger partial charge on any atom is -0.374 e. The standard InChI is InChI=1S/C22H23N3O/c1-4-13-25(3)22(26)21-11-10-18(14-17(21)2)8-6-12-24-20-9-5-7-19(15-20)16-23/h5,7,9-11,14-15,24H,4,12-13H2,1-3H3. The van der Waals surface area contributed by atoms with Crippen molar-refractivity contribution in [1.29, 1.82) is 5.26 Å². The molecule has 2 rings (SSSR count). The molecule has 4 nitrogen and oxygen atoms in total. The van der Waals surface area contributed by atoms with Gasteiger partial charge in [0.15, 0.2) is 0 Å². The van der Waals surface area contributed by atoms with E-state index in [1.54, 1.807) is 17.0 Å². The van der Waals surface area contributed by atoms with Crippen LogP contribution in [-0.2, 0) is 0 Å². The molecule has 0 atom stereocenters. The number of aryl methyl sites for hydroxylation is 1. The van der Waals surface area contributed by atoms with E-state index < -0.39 is 0 Å². The van der Waals surface area contributed by atoms with Gasteiger partial charge in [-0.3, -0.25) is 4.79 Å². The molecule has 0 heterocycles. The van der Waals surface area contributed by atoms with E-state index in [1.165, 1.54) is 0 Å². The van der Waals surface area contributed by atoms with Crippen molar-refractivity contribution in [3.63, 3.8) is 0 Å². The fraction of sp³-hybridized carbons (Fsp3) is 0.273. The molecule has 132 valence electrons. The molecular weight excluding hydrogens is 322 g/mol. The Balaban J connectivity index is 2.01. The quantitative estimate of drug-likeness (QED) is 0.838. The Bertz CT molecular complexity index is 884. The van der Waals surface area contributed by atoms with E-state index in [0.717, 1.165) is 35.3 Å². The maximum Gasteiger partial charge on any atom is 0.253 e. The Kier molecular flexibility index (Phi) is 6.83. The summed E-state index contributed by atoms with van der Waals surface area (Å²) in [6.45, 7) is 5.22. The van der Waals surface area contributed by atoms with Crippen molar-refractivity contribution in [3.8, 4) is 17.9 Å². The molecule has 4 heteroatoms. The van der Waals surface area contributed by atoms with E-state index >= 15 is 0 Å². The molecule has 0 unspecified atom stereocenters. The van der Waals surface area contributed by atoms with Gasteiger partial charge in [0.05, 0.1) is 18.2 Å². The minimum atomic E-state index is 0.0444. The maximum atomic E-state index is 12.4. The van der Waals surface area contributed by atoms with Crippen LogP contribution in [0.25, 0.3) is 0 Å². The number of hydrogen-bond acceptors (Lipinski definition) is 3. The first kappa shape index (κ1) is 19.1. The molecule has 0 fully saturated rings. The van der Waals surface area contributed by atoms with Crippen molar-refractivity contribution in [2.45, 2.75) is 20.3 Å². The van der Waals surface area contributed by atoms with Crippen LogP contribution >= 0.6 is 0 Å². The van der Waals surface area contributed by atoms with Crippen molar-refractivity contribution in [2.75, 3.05) is 25.5 Å². The molecular formula is C22H23N3O. The highest BCUT2D eigenvalue weighted by Gasteiger charge is 2.13. The van der Waals surface area contributed by atoms with Gasteiger partial charge in [-0.1, -0.05) is 24.8 Å². The Labute approximate surface area is 155 Å². The zero-order valence-electron chi connectivity index (χ0n) is 15.5. The van der Waals surface area contributed by atoms with Crippen molar-refractivity contribution in [1.82, 2.24) is 4.90 Å². The molecule has 1 N–H and O–H groups in total. The first-order valence-corrected chi connectivity index (χ1v) is 8.64. The van der Waals surface area contributed by atoms with Gasteiger partial charge in [-0.15, -0.1) is 0 Å². The van der Waals surface area contributed by atoms with E-state index in [4.69, 9.17) is 5.26 Å². The zero-order chi connectivity index (χ0) is 18.9. The largest absolute Gasteiger partial charge is 0.374 e. The fourth-order valence-electron chi connectivity index (χ4n) is 2.62. The average Bonchev–Trinajstić information content (AvgIpc) is 2.65. The third-order valence-electron chi connectivity index (χ3n) is 3.97. The third kappa shape index (κ3) is 5.13. The predicted molar refractivity (Wildman–Crippen MR) is 105 cm³/mol. The summed E-state index contributed by atoms with van der Waals surface area (Å²) in [6, 6.07) is 15.1. The lowest BCUT2D eigenvalue weighted by Crippen LogP contribution is -2.27. The van der Waals surface area contributed by atoms with E-state index in [2.05, 4.69) is 30.2 Å². The third-order valence-corrected chi connectivity index (χ3v) is 3.97. The predicted octanol–water partition coefficient (Wildman–Crippen LogP) is 3.81. The number of carbonyl (C=O) groups is 1. The average molecular weight is 345 g/mol. The summed E-state index contributed by atoms with van der Waals surface area (Å²) in [6.07, 6.45) is 0.940. The van der Waals surface area contributed by atoms with Gasteiger partial charge >= 0.3 is 0 Å². The lowest BCUT2D eigenvalue weighted by atomic mass is 10.0. The van der Waals surface area contributed by atoms with Gasteiger partial charge in [0.25, 0.3) is 5.91 Å². The van der Waals surface area contributed by atoms with Crippen LogP contribution in [0, 0.1) is 30.1 Å². The molecule has 0 aliphatic heterocycles. The van der Waals surface area contributed by atoms with Crippen LogP contribution in [0.15, 0.2) is 42.5 Å². The first-order valence-electron chi connectivity index (χ1n) is 8.64. The molecule has 0 aromatic heterocycles. The number of anilines is 1. The topological polar surface area (TPSA) is 56.1 Å². The molecule has 2 aromatic carbocycles. The highest BCUT2D eigenvalue weighted by molar-refractivity contribution is 5.95. The number of nitrogens with zero attached hydrogens (tertiary/aromatic N) is 2. The van der Waals surface area contributed by atoms with Crippen molar-refractivity contribution in [2.24, 2.45) is 0 Å². The number of nitriles is 1. The Morgan fingerprint density at radius 3 is 2.69 bits per heavy atom. The molecule has 0 spiro atoms. The van der Waals surface area contributed by atoms with Crippen LogP contribution in [-0.4, -0.2) is 30.9 Å². The second-order valence-electron chi connectivity index (χ2n) is 6.10. The van der Waals surface area contributed by atoms with Crippen LogP contribution < -0.4 is 5.32 Å². The van der Waals surface area contributed by atoms with E-state index in [-0.39, 0.29) is 5.91 Å². The van der Waals surface area contributed by atoms with Gasteiger partial charge in [-0.25, -0.2) is 0 Å². The highest BCUT2D eigenvalue weighted by Crippen LogP contribution is 2.13. The minimum absolute atomic E-state index is 0.0444. The molecule has 0 aliphatic rings. The van der Waals surface area contributed by atoms with E-state index in [9.17, 15) is 4.79 Å². The molecule has 0 saturated carbocycles. The maximum absolute atomic E-state index is 12.4. The number of benzene rings is 2. The number of hydrogen-bond donors (Lipinski definition) is 1. The summed E-state index contributed by atoms with van der Waals surface area (Å²) in [7, 11) is 1.83. The van der Waals surface area contributed by atoms with E-state index in [0.29, 0.717) is 12.1 Å². The van der Waals surface area contributed by atoms with Gasteiger partial charge in [-0.2, -0.15) is 5.26 Å². The normalized spacial score (nSPS) is 9.62. The summed E-state index contributed by atoms with van der Waals surface area (Å²) in [4.78, 5) is 14.1. The van der Waals surface area contributed by atoms with Crippen LogP contribution in [0.1, 0.15) is 40.4 Å². The smallest absolute Gasteiger partial charge is 0.253 e. The Morgan fingerprint density at radius 1 is 1.19 bits per heavy atom. The molecule has 0 saturated heterocycles. The molecule has 26 heavy (non-hydrogen) atoms. The summed E-state index contributed by atoms with van der Waals surface area (Å²) in [5, 5.41) is 12.1. The molecule has 2 aromatic rings. The summed E-state index contributed by atoms with van der Waals surface area (Å²) in [5.41, 5.74) is 4.02. The molecule has 0 bridgehead atoms.